The summed E-state index contributed by atoms with van der Waals surface area (Å²) >= 11 is 0. The van der Waals surface area contributed by atoms with Crippen LogP contribution >= 0.6 is 0 Å². The van der Waals surface area contributed by atoms with Crippen molar-refractivity contribution >= 4 is 23.3 Å². The molecule has 2 aromatic rings. The molecule has 0 radical (unpaired) electrons. The van der Waals surface area contributed by atoms with Crippen LogP contribution in [0.5, 0.6) is 0 Å². The van der Waals surface area contributed by atoms with Crippen LogP contribution in [0.1, 0.15) is 19.3 Å². The first-order valence-electron chi connectivity index (χ1n) is 7.28. The number of hydrogen-bond donors (Lipinski definition) is 2. The van der Waals surface area contributed by atoms with Crippen LogP contribution in [0.4, 0.5) is 22.1 Å². The molecule has 0 spiro atoms. The van der Waals surface area contributed by atoms with Gasteiger partial charge in [0, 0.05) is 30.5 Å². The predicted molar refractivity (Wildman–Crippen MR) is 83.9 cm³/mol. The molecule has 2 amide bonds. The Morgan fingerprint density at radius 2 is 1.76 bits per heavy atom. The summed E-state index contributed by atoms with van der Waals surface area (Å²) in [5, 5.41) is 5.40. The van der Waals surface area contributed by atoms with Crippen LogP contribution in [0.2, 0.25) is 0 Å². The summed E-state index contributed by atoms with van der Waals surface area (Å²) in [4.78, 5) is 14.2. The van der Waals surface area contributed by atoms with Crippen molar-refractivity contribution in [2.24, 2.45) is 0 Å². The highest BCUT2D eigenvalue weighted by Crippen LogP contribution is 2.21. The maximum atomic E-state index is 11.8. The molecule has 0 unspecified atom stereocenters. The van der Waals surface area contributed by atoms with Crippen LogP contribution in [0.15, 0.2) is 47.1 Å². The van der Waals surface area contributed by atoms with Crippen LogP contribution in [0, 0.1) is 0 Å². The summed E-state index contributed by atoms with van der Waals surface area (Å²) in [7, 11) is 0. The van der Waals surface area contributed by atoms with E-state index in [1.54, 1.807) is 12.1 Å². The third kappa shape index (κ3) is 3.56. The molecule has 0 bridgehead atoms. The van der Waals surface area contributed by atoms with E-state index in [0.717, 1.165) is 18.8 Å². The molecular weight excluding hydrogens is 266 g/mol. The number of hydrogen-bond acceptors (Lipinski definition) is 3. The summed E-state index contributed by atoms with van der Waals surface area (Å²) in [6, 6.07) is 11.1. The number of furan rings is 1. The molecule has 0 atom stereocenters. The summed E-state index contributed by atoms with van der Waals surface area (Å²) in [5.41, 5.74) is 1.98. The average molecular weight is 285 g/mol. The number of piperidine rings is 1. The molecule has 1 aromatic heterocycles. The average Bonchev–Trinajstić information content (AvgIpc) is 3.02. The van der Waals surface area contributed by atoms with E-state index in [9.17, 15) is 4.79 Å². The number of carbonyl (C=O) groups excluding carboxylic acids is 1. The molecule has 1 aromatic carbocycles. The molecule has 110 valence electrons. The Hall–Kier alpha value is -2.43. The normalized spacial score (nSPS) is 14.8. The van der Waals surface area contributed by atoms with E-state index >= 15 is 0 Å². The minimum absolute atomic E-state index is 0.310. The number of anilines is 3. The first-order valence-corrected chi connectivity index (χ1v) is 7.28. The molecule has 2 N–H and O–H groups in total. The van der Waals surface area contributed by atoms with E-state index in [4.69, 9.17) is 4.42 Å². The molecule has 1 aliphatic rings. The van der Waals surface area contributed by atoms with Gasteiger partial charge in [0.05, 0.1) is 6.26 Å². The number of amides is 2. The Bertz CT molecular complexity index is 572. The zero-order valence-corrected chi connectivity index (χ0v) is 11.8. The van der Waals surface area contributed by atoms with Gasteiger partial charge in [-0.1, -0.05) is 0 Å². The highest BCUT2D eigenvalue weighted by molar-refractivity contribution is 5.98. The summed E-state index contributed by atoms with van der Waals surface area (Å²) in [6.45, 7) is 2.23. The summed E-state index contributed by atoms with van der Waals surface area (Å²) in [5.74, 6) is 0.428. The molecule has 0 saturated carbocycles. The lowest BCUT2D eigenvalue weighted by atomic mass is 10.1. The SMILES string of the molecule is O=C(Nc1ccc(N2CCCCC2)cc1)Nc1ccco1. The highest BCUT2D eigenvalue weighted by Gasteiger charge is 2.11. The van der Waals surface area contributed by atoms with Crippen molar-refractivity contribution in [3.05, 3.63) is 42.7 Å². The monoisotopic (exact) mass is 285 g/mol. The van der Waals surface area contributed by atoms with Gasteiger partial charge < -0.3 is 14.6 Å². The Balaban J connectivity index is 1.57. The second-order valence-electron chi connectivity index (χ2n) is 5.15. The third-order valence-corrected chi connectivity index (χ3v) is 3.60. The molecular formula is C16H19N3O2. The zero-order valence-electron chi connectivity index (χ0n) is 11.8. The van der Waals surface area contributed by atoms with E-state index < -0.39 is 0 Å². The number of benzene rings is 1. The van der Waals surface area contributed by atoms with Crippen LogP contribution in [-0.2, 0) is 0 Å². The van der Waals surface area contributed by atoms with Crippen LogP contribution in [-0.4, -0.2) is 19.1 Å². The van der Waals surface area contributed by atoms with Gasteiger partial charge in [-0.3, -0.25) is 5.32 Å². The highest BCUT2D eigenvalue weighted by atomic mass is 16.3. The topological polar surface area (TPSA) is 57.5 Å². The van der Waals surface area contributed by atoms with Crippen molar-refractivity contribution in [2.75, 3.05) is 28.6 Å². The number of urea groups is 1. The maximum absolute atomic E-state index is 11.8. The van der Waals surface area contributed by atoms with Crippen molar-refractivity contribution in [1.29, 1.82) is 0 Å². The number of carbonyl (C=O) groups is 1. The fourth-order valence-corrected chi connectivity index (χ4v) is 2.53. The van der Waals surface area contributed by atoms with Crippen LogP contribution in [0.3, 0.4) is 0 Å². The van der Waals surface area contributed by atoms with Gasteiger partial charge in [-0.25, -0.2) is 4.79 Å². The molecule has 1 fully saturated rings. The molecule has 5 nitrogen and oxygen atoms in total. The Morgan fingerprint density at radius 3 is 2.43 bits per heavy atom. The fourth-order valence-electron chi connectivity index (χ4n) is 2.53. The van der Waals surface area contributed by atoms with Crippen LogP contribution < -0.4 is 15.5 Å². The zero-order chi connectivity index (χ0) is 14.5. The fraction of sp³-hybridized carbons (Fsp3) is 0.312. The number of rotatable bonds is 3. The standard InChI is InChI=1S/C16H19N3O2/c20-16(18-15-5-4-12-21-15)17-13-6-8-14(9-7-13)19-10-2-1-3-11-19/h4-9,12H,1-3,10-11H2,(H2,17,18,20). The van der Waals surface area contributed by atoms with Gasteiger partial charge >= 0.3 is 6.03 Å². The number of nitrogens with zero attached hydrogens (tertiary/aromatic N) is 1. The smallest absolute Gasteiger partial charge is 0.326 e. The van der Waals surface area contributed by atoms with Gasteiger partial charge in [0.1, 0.15) is 0 Å². The minimum Gasteiger partial charge on any atom is -0.449 e. The molecule has 0 aliphatic carbocycles. The van der Waals surface area contributed by atoms with Gasteiger partial charge in [0.25, 0.3) is 0 Å². The maximum Gasteiger partial charge on any atom is 0.326 e. The first-order chi connectivity index (χ1) is 10.3. The van der Waals surface area contributed by atoms with E-state index in [1.807, 2.05) is 24.3 Å². The van der Waals surface area contributed by atoms with Gasteiger partial charge in [-0.05, 0) is 49.6 Å². The van der Waals surface area contributed by atoms with E-state index in [0.29, 0.717) is 5.88 Å². The van der Waals surface area contributed by atoms with Crippen molar-refractivity contribution in [3.63, 3.8) is 0 Å². The van der Waals surface area contributed by atoms with Crippen molar-refractivity contribution < 1.29 is 9.21 Å². The second-order valence-corrected chi connectivity index (χ2v) is 5.15. The number of nitrogens with one attached hydrogen (secondary N) is 2. The molecule has 2 heterocycles. The quantitative estimate of drug-likeness (QED) is 0.898. The largest absolute Gasteiger partial charge is 0.449 e. The molecule has 1 saturated heterocycles. The van der Waals surface area contributed by atoms with Gasteiger partial charge in [0.15, 0.2) is 0 Å². The molecule has 21 heavy (non-hydrogen) atoms. The van der Waals surface area contributed by atoms with E-state index in [1.165, 1.54) is 31.2 Å². The van der Waals surface area contributed by atoms with Gasteiger partial charge in [0.2, 0.25) is 5.88 Å². The van der Waals surface area contributed by atoms with Crippen LogP contribution in [0.25, 0.3) is 0 Å². The summed E-state index contributed by atoms with van der Waals surface area (Å²) < 4.78 is 5.06. The van der Waals surface area contributed by atoms with E-state index in [2.05, 4.69) is 15.5 Å². The molecule has 3 rings (SSSR count). The lowest BCUT2D eigenvalue weighted by Crippen LogP contribution is -2.29. The van der Waals surface area contributed by atoms with Gasteiger partial charge in [-0.2, -0.15) is 0 Å². The van der Waals surface area contributed by atoms with E-state index in [-0.39, 0.29) is 6.03 Å². The third-order valence-electron chi connectivity index (χ3n) is 3.60. The van der Waals surface area contributed by atoms with Gasteiger partial charge in [-0.15, -0.1) is 0 Å². The lowest BCUT2D eigenvalue weighted by Gasteiger charge is -2.28. The Kier molecular flexibility index (Phi) is 4.09. The Morgan fingerprint density at radius 1 is 1.00 bits per heavy atom. The van der Waals surface area contributed by atoms with Crippen molar-refractivity contribution in [2.45, 2.75) is 19.3 Å². The summed E-state index contributed by atoms with van der Waals surface area (Å²) in [6.07, 6.45) is 5.35. The minimum atomic E-state index is -0.310. The molecule has 5 heteroatoms. The second kappa shape index (κ2) is 6.35. The molecule has 1 aliphatic heterocycles. The predicted octanol–water partition coefficient (Wildman–Crippen LogP) is 3.91. The van der Waals surface area contributed by atoms with Crippen molar-refractivity contribution in [3.8, 4) is 0 Å². The lowest BCUT2D eigenvalue weighted by molar-refractivity contribution is 0.261. The first kappa shape index (κ1) is 13.5. The van der Waals surface area contributed by atoms with Crippen molar-refractivity contribution in [1.82, 2.24) is 0 Å². The Labute approximate surface area is 123 Å².